The molecule has 0 fully saturated rings. The van der Waals surface area contributed by atoms with Gasteiger partial charge in [-0.05, 0) is 35.7 Å². The zero-order valence-electron chi connectivity index (χ0n) is 15.1. The number of nitrogens with one attached hydrogen (secondary N) is 2. The SMILES string of the molecule is CC(C)(C)C(Cn1ccnc1)NC(=O)c1cc(-c2ccc(O)cc2)n[nH]1. The third kappa shape index (κ3) is 4.11. The summed E-state index contributed by atoms with van der Waals surface area (Å²) in [5.41, 5.74) is 1.74. The molecule has 0 aliphatic carbocycles. The van der Waals surface area contributed by atoms with Crippen LogP contribution in [0.25, 0.3) is 11.3 Å². The average molecular weight is 353 g/mol. The van der Waals surface area contributed by atoms with Crippen molar-refractivity contribution in [1.82, 2.24) is 25.1 Å². The molecule has 2 heterocycles. The van der Waals surface area contributed by atoms with Crippen LogP contribution in [0.2, 0.25) is 0 Å². The monoisotopic (exact) mass is 353 g/mol. The first-order chi connectivity index (χ1) is 12.3. The maximum atomic E-state index is 12.7. The van der Waals surface area contributed by atoms with Gasteiger partial charge in [0.05, 0.1) is 18.1 Å². The van der Waals surface area contributed by atoms with Crippen molar-refractivity contribution < 1.29 is 9.90 Å². The molecular weight excluding hydrogens is 330 g/mol. The number of phenols is 1. The van der Waals surface area contributed by atoms with Gasteiger partial charge in [0, 0.05) is 24.5 Å². The van der Waals surface area contributed by atoms with E-state index in [9.17, 15) is 9.90 Å². The molecule has 0 aliphatic rings. The highest BCUT2D eigenvalue weighted by Gasteiger charge is 2.27. The molecule has 0 radical (unpaired) electrons. The summed E-state index contributed by atoms with van der Waals surface area (Å²) in [4.78, 5) is 16.7. The first-order valence-corrected chi connectivity index (χ1v) is 8.44. The van der Waals surface area contributed by atoms with Crippen LogP contribution in [0.15, 0.2) is 49.1 Å². The lowest BCUT2D eigenvalue weighted by Gasteiger charge is -2.31. The number of carbonyl (C=O) groups is 1. The van der Waals surface area contributed by atoms with Crippen LogP contribution in [0.3, 0.4) is 0 Å². The second-order valence-corrected chi connectivity index (χ2v) is 7.37. The van der Waals surface area contributed by atoms with Gasteiger partial charge in [-0.3, -0.25) is 9.89 Å². The predicted octanol–water partition coefficient (Wildman–Crippen LogP) is 2.82. The summed E-state index contributed by atoms with van der Waals surface area (Å²) in [5, 5.41) is 19.5. The highest BCUT2D eigenvalue weighted by atomic mass is 16.3. The molecule has 0 bridgehead atoms. The number of carbonyl (C=O) groups excluding carboxylic acids is 1. The molecule has 0 aliphatic heterocycles. The van der Waals surface area contributed by atoms with Gasteiger partial charge in [-0.25, -0.2) is 4.98 Å². The summed E-state index contributed by atoms with van der Waals surface area (Å²) < 4.78 is 1.95. The van der Waals surface area contributed by atoms with E-state index in [-0.39, 0.29) is 23.1 Å². The molecule has 3 aromatic rings. The Morgan fingerprint density at radius 3 is 2.65 bits per heavy atom. The summed E-state index contributed by atoms with van der Waals surface area (Å²) in [6.07, 6.45) is 5.34. The van der Waals surface area contributed by atoms with E-state index in [1.807, 2.05) is 10.8 Å². The van der Waals surface area contributed by atoms with E-state index in [0.29, 0.717) is 17.9 Å². The van der Waals surface area contributed by atoms with Gasteiger partial charge in [-0.1, -0.05) is 20.8 Å². The number of hydrogen-bond donors (Lipinski definition) is 3. The molecule has 7 heteroatoms. The minimum atomic E-state index is -0.206. The summed E-state index contributed by atoms with van der Waals surface area (Å²) in [6, 6.07) is 8.31. The third-order valence-corrected chi connectivity index (χ3v) is 4.29. The Kier molecular flexibility index (Phi) is 4.79. The molecule has 1 atom stereocenters. The smallest absolute Gasteiger partial charge is 0.269 e. The molecule has 136 valence electrons. The van der Waals surface area contributed by atoms with Crippen molar-refractivity contribution in [2.75, 3.05) is 0 Å². The molecule has 7 nitrogen and oxygen atoms in total. The van der Waals surface area contributed by atoms with Crippen molar-refractivity contribution in [1.29, 1.82) is 0 Å². The van der Waals surface area contributed by atoms with Crippen LogP contribution in [0, 0.1) is 5.41 Å². The van der Waals surface area contributed by atoms with E-state index >= 15 is 0 Å². The number of nitrogens with zero attached hydrogens (tertiary/aromatic N) is 3. The number of phenolic OH excluding ortho intramolecular Hbond substituents is 1. The number of amides is 1. The summed E-state index contributed by atoms with van der Waals surface area (Å²) in [7, 11) is 0. The molecule has 0 saturated heterocycles. The van der Waals surface area contributed by atoms with Crippen molar-refractivity contribution in [2.24, 2.45) is 5.41 Å². The van der Waals surface area contributed by atoms with E-state index in [2.05, 4.69) is 41.3 Å². The van der Waals surface area contributed by atoms with E-state index in [1.54, 1.807) is 42.9 Å². The van der Waals surface area contributed by atoms with Crippen molar-refractivity contribution in [3.63, 3.8) is 0 Å². The van der Waals surface area contributed by atoms with Crippen molar-refractivity contribution in [3.8, 4) is 17.0 Å². The van der Waals surface area contributed by atoms with Crippen LogP contribution in [0.1, 0.15) is 31.3 Å². The number of benzene rings is 1. The molecule has 1 aromatic carbocycles. The minimum Gasteiger partial charge on any atom is -0.508 e. The van der Waals surface area contributed by atoms with Gasteiger partial charge in [0.1, 0.15) is 11.4 Å². The Bertz CT molecular complexity index is 860. The number of aromatic hydroxyl groups is 1. The largest absolute Gasteiger partial charge is 0.508 e. The molecule has 1 amide bonds. The Morgan fingerprint density at radius 1 is 1.31 bits per heavy atom. The van der Waals surface area contributed by atoms with E-state index in [1.165, 1.54) is 0 Å². The standard InChI is InChI=1S/C19H23N5O2/c1-19(2,3)17(11-24-9-8-20-12-24)21-18(26)16-10-15(22-23-16)13-4-6-14(25)7-5-13/h4-10,12,17,25H,11H2,1-3H3,(H,21,26)(H,22,23). The number of imidazole rings is 1. The second kappa shape index (κ2) is 7.03. The van der Waals surface area contributed by atoms with E-state index in [4.69, 9.17) is 0 Å². The summed E-state index contributed by atoms with van der Waals surface area (Å²) in [5.74, 6) is -0.0164. The fourth-order valence-corrected chi connectivity index (χ4v) is 2.60. The molecule has 0 saturated carbocycles. The quantitative estimate of drug-likeness (QED) is 0.657. The van der Waals surface area contributed by atoms with Crippen molar-refractivity contribution in [2.45, 2.75) is 33.4 Å². The number of rotatable bonds is 5. The van der Waals surface area contributed by atoms with Gasteiger partial charge >= 0.3 is 0 Å². The Labute approximate surface area is 152 Å². The molecule has 2 aromatic heterocycles. The molecule has 0 spiro atoms. The lowest BCUT2D eigenvalue weighted by molar-refractivity contribution is 0.0887. The highest BCUT2D eigenvalue weighted by molar-refractivity contribution is 5.93. The minimum absolute atomic E-state index is 0.0791. The van der Waals surface area contributed by atoms with Gasteiger partial charge in [0.15, 0.2) is 0 Å². The first-order valence-electron chi connectivity index (χ1n) is 8.44. The Hall–Kier alpha value is -3.09. The third-order valence-electron chi connectivity index (χ3n) is 4.29. The van der Waals surface area contributed by atoms with Crippen LogP contribution >= 0.6 is 0 Å². The Morgan fingerprint density at radius 2 is 2.04 bits per heavy atom. The van der Waals surface area contributed by atoms with Crippen LogP contribution in [-0.4, -0.2) is 36.8 Å². The van der Waals surface area contributed by atoms with Gasteiger partial charge in [-0.2, -0.15) is 5.10 Å². The summed E-state index contributed by atoms with van der Waals surface area (Å²) in [6.45, 7) is 6.89. The number of hydrogen-bond acceptors (Lipinski definition) is 4. The summed E-state index contributed by atoms with van der Waals surface area (Å²) >= 11 is 0. The molecule has 1 unspecified atom stereocenters. The zero-order valence-corrected chi connectivity index (χ0v) is 15.1. The topological polar surface area (TPSA) is 95.8 Å². The van der Waals surface area contributed by atoms with Crippen LogP contribution in [-0.2, 0) is 6.54 Å². The molecule has 26 heavy (non-hydrogen) atoms. The lowest BCUT2D eigenvalue weighted by Crippen LogP contribution is -2.46. The number of H-pyrrole nitrogens is 1. The van der Waals surface area contributed by atoms with Crippen molar-refractivity contribution >= 4 is 5.91 Å². The first kappa shape index (κ1) is 17.7. The average Bonchev–Trinajstić information content (AvgIpc) is 3.25. The normalized spacial score (nSPS) is 12.7. The zero-order chi connectivity index (χ0) is 18.7. The maximum absolute atomic E-state index is 12.7. The van der Waals surface area contributed by atoms with E-state index < -0.39 is 0 Å². The van der Waals surface area contributed by atoms with Crippen LogP contribution in [0.5, 0.6) is 5.75 Å². The van der Waals surface area contributed by atoms with Crippen molar-refractivity contribution in [3.05, 3.63) is 54.7 Å². The molecule has 3 rings (SSSR count). The molecular formula is C19H23N5O2. The van der Waals surface area contributed by atoms with Crippen LogP contribution in [0.4, 0.5) is 0 Å². The molecule has 3 N–H and O–H groups in total. The number of aromatic amines is 1. The fourth-order valence-electron chi connectivity index (χ4n) is 2.60. The Balaban J connectivity index is 1.74. The van der Waals surface area contributed by atoms with Crippen LogP contribution < -0.4 is 5.32 Å². The lowest BCUT2D eigenvalue weighted by atomic mass is 9.86. The van der Waals surface area contributed by atoms with E-state index in [0.717, 1.165) is 5.56 Å². The number of aromatic nitrogens is 4. The fraction of sp³-hybridized carbons (Fsp3) is 0.316. The van der Waals surface area contributed by atoms with Gasteiger partial charge < -0.3 is 15.0 Å². The second-order valence-electron chi connectivity index (χ2n) is 7.37. The van der Waals surface area contributed by atoms with Gasteiger partial charge in [0.25, 0.3) is 5.91 Å². The predicted molar refractivity (Wildman–Crippen MR) is 98.6 cm³/mol. The maximum Gasteiger partial charge on any atom is 0.269 e. The highest BCUT2D eigenvalue weighted by Crippen LogP contribution is 2.23. The van der Waals surface area contributed by atoms with Gasteiger partial charge in [-0.15, -0.1) is 0 Å². The van der Waals surface area contributed by atoms with Gasteiger partial charge in [0.2, 0.25) is 0 Å².